The maximum Gasteiger partial charge on any atom is 0.255 e. The molecule has 0 radical (unpaired) electrons. The molecule has 0 bridgehead atoms. The van der Waals surface area contributed by atoms with E-state index in [2.05, 4.69) is 39.4 Å². The van der Waals surface area contributed by atoms with E-state index in [0.717, 1.165) is 44.3 Å². The number of aromatic nitrogens is 3. The molecule has 26 heavy (non-hydrogen) atoms. The van der Waals surface area contributed by atoms with Gasteiger partial charge in [0.25, 0.3) is 5.91 Å². The zero-order chi connectivity index (χ0) is 17.8. The Morgan fingerprint density at radius 1 is 1.04 bits per heavy atom. The largest absolute Gasteiger partial charge is 0.339 e. The van der Waals surface area contributed by atoms with Crippen LogP contribution in [0.2, 0.25) is 0 Å². The standard InChI is InChI=1S/C21H22N4O/c26-21(19-8-11-23-24-15-19)25-12-3-4-16(9-13-25)14-18-6-1-5-17-7-2-10-22-20(17)18/h1-2,5-8,10-11,15-16H,3-4,9,12-14H2/t16-/m0/s1. The lowest BCUT2D eigenvalue weighted by atomic mass is 9.91. The van der Waals surface area contributed by atoms with E-state index in [-0.39, 0.29) is 5.91 Å². The van der Waals surface area contributed by atoms with Crippen LogP contribution in [0.4, 0.5) is 0 Å². The molecule has 1 aliphatic rings. The van der Waals surface area contributed by atoms with Crippen LogP contribution >= 0.6 is 0 Å². The second-order valence-corrected chi connectivity index (χ2v) is 6.92. The molecular formula is C21H22N4O. The molecule has 2 aromatic heterocycles. The summed E-state index contributed by atoms with van der Waals surface area (Å²) in [7, 11) is 0. The van der Waals surface area contributed by atoms with Gasteiger partial charge in [-0.05, 0) is 49.3 Å². The molecule has 5 nitrogen and oxygen atoms in total. The fourth-order valence-electron chi connectivity index (χ4n) is 3.82. The van der Waals surface area contributed by atoms with Gasteiger partial charge in [-0.3, -0.25) is 9.78 Å². The lowest BCUT2D eigenvalue weighted by molar-refractivity contribution is 0.0759. The summed E-state index contributed by atoms with van der Waals surface area (Å²) >= 11 is 0. The van der Waals surface area contributed by atoms with Crippen molar-refractivity contribution in [3.8, 4) is 0 Å². The van der Waals surface area contributed by atoms with Crippen molar-refractivity contribution in [2.75, 3.05) is 13.1 Å². The smallest absolute Gasteiger partial charge is 0.255 e. The first kappa shape index (κ1) is 16.6. The van der Waals surface area contributed by atoms with Crippen molar-refractivity contribution in [2.24, 2.45) is 5.92 Å². The Hall–Kier alpha value is -2.82. The van der Waals surface area contributed by atoms with Crippen LogP contribution < -0.4 is 0 Å². The highest BCUT2D eigenvalue weighted by Gasteiger charge is 2.22. The molecule has 3 aromatic rings. The van der Waals surface area contributed by atoms with Crippen molar-refractivity contribution in [2.45, 2.75) is 25.7 Å². The first-order valence-electron chi connectivity index (χ1n) is 9.20. The van der Waals surface area contributed by atoms with Crippen LogP contribution in [0.5, 0.6) is 0 Å². The third kappa shape index (κ3) is 3.57. The van der Waals surface area contributed by atoms with E-state index in [1.807, 2.05) is 17.2 Å². The molecule has 132 valence electrons. The van der Waals surface area contributed by atoms with Gasteiger partial charge in [-0.15, -0.1) is 0 Å². The molecule has 0 aliphatic carbocycles. The minimum atomic E-state index is 0.0624. The van der Waals surface area contributed by atoms with E-state index in [1.54, 1.807) is 18.5 Å². The van der Waals surface area contributed by atoms with Crippen LogP contribution in [-0.4, -0.2) is 39.1 Å². The van der Waals surface area contributed by atoms with Crippen LogP contribution in [0.25, 0.3) is 10.9 Å². The van der Waals surface area contributed by atoms with E-state index < -0.39 is 0 Å². The molecule has 1 saturated heterocycles. The number of benzene rings is 1. The Kier molecular flexibility index (Phi) is 4.86. The van der Waals surface area contributed by atoms with Gasteiger partial charge < -0.3 is 4.90 Å². The number of hydrogen-bond acceptors (Lipinski definition) is 4. The molecule has 4 rings (SSSR count). The van der Waals surface area contributed by atoms with Crippen molar-refractivity contribution in [1.29, 1.82) is 0 Å². The first-order valence-corrected chi connectivity index (χ1v) is 9.20. The zero-order valence-corrected chi connectivity index (χ0v) is 14.7. The van der Waals surface area contributed by atoms with Gasteiger partial charge >= 0.3 is 0 Å². The van der Waals surface area contributed by atoms with Crippen LogP contribution in [0.15, 0.2) is 55.0 Å². The second kappa shape index (κ2) is 7.60. The lowest BCUT2D eigenvalue weighted by Gasteiger charge is -2.20. The second-order valence-electron chi connectivity index (χ2n) is 6.92. The number of rotatable bonds is 3. The number of para-hydroxylation sites is 1. The van der Waals surface area contributed by atoms with Crippen molar-refractivity contribution in [3.63, 3.8) is 0 Å². The maximum atomic E-state index is 12.6. The summed E-state index contributed by atoms with van der Waals surface area (Å²) in [6.45, 7) is 1.61. The summed E-state index contributed by atoms with van der Waals surface area (Å²) in [5.41, 5.74) is 3.04. The molecule has 5 heteroatoms. The van der Waals surface area contributed by atoms with E-state index >= 15 is 0 Å². The Bertz CT molecular complexity index is 891. The molecule has 0 saturated carbocycles. The quantitative estimate of drug-likeness (QED) is 0.728. The number of fused-ring (bicyclic) bond motifs is 1. The average Bonchev–Trinajstić information content (AvgIpc) is 2.94. The van der Waals surface area contributed by atoms with Gasteiger partial charge in [0.2, 0.25) is 0 Å². The summed E-state index contributed by atoms with van der Waals surface area (Å²) in [5.74, 6) is 0.642. The fourth-order valence-corrected chi connectivity index (χ4v) is 3.82. The number of nitrogens with zero attached hydrogens (tertiary/aromatic N) is 4. The molecule has 1 aromatic carbocycles. The summed E-state index contributed by atoms with van der Waals surface area (Å²) in [6, 6.07) is 12.2. The molecule has 3 heterocycles. The number of likely N-dealkylation sites (tertiary alicyclic amines) is 1. The molecular weight excluding hydrogens is 324 g/mol. The highest BCUT2D eigenvalue weighted by Crippen LogP contribution is 2.26. The summed E-state index contributed by atoms with van der Waals surface area (Å²) in [6.07, 6.45) is 9.20. The molecule has 1 atom stereocenters. The summed E-state index contributed by atoms with van der Waals surface area (Å²) in [4.78, 5) is 19.2. The van der Waals surface area contributed by atoms with Crippen LogP contribution in [0.3, 0.4) is 0 Å². The molecule has 0 spiro atoms. The molecule has 0 unspecified atom stereocenters. The van der Waals surface area contributed by atoms with E-state index in [1.165, 1.54) is 10.9 Å². The predicted molar refractivity (Wildman–Crippen MR) is 101 cm³/mol. The van der Waals surface area contributed by atoms with Gasteiger partial charge in [-0.2, -0.15) is 10.2 Å². The van der Waals surface area contributed by atoms with Gasteiger partial charge in [-0.25, -0.2) is 0 Å². The van der Waals surface area contributed by atoms with Crippen LogP contribution in [0, 0.1) is 5.92 Å². The van der Waals surface area contributed by atoms with E-state index in [9.17, 15) is 4.79 Å². The lowest BCUT2D eigenvalue weighted by Crippen LogP contribution is -2.32. The SMILES string of the molecule is O=C(c1ccnnc1)N1CCC[C@H](Cc2cccc3cccnc23)CC1. The minimum Gasteiger partial charge on any atom is -0.339 e. The number of pyridine rings is 1. The maximum absolute atomic E-state index is 12.6. The van der Waals surface area contributed by atoms with Crippen LogP contribution in [-0.2, 0) is 6.42 Å². The number of carbonyl (C=O) groups excluding carboxylic acids is 1. The Morgan fingerprint density at radius 3 is 2.85 bits per heavy atom. The van der Waals surface area contributed by atoms with Gasteiger partial charge in [0.15, 0.2) is 0 Å². The normalized spacial score (nSPS) is 17.8. The molecule has 1 fully saturated rings. The van der Waals surface area contributed by atoms with Gasteiger partial charge in [0.05, 0.1) is 23.5 Å². The van der Waals surface area contributed by atoms with E-state index in [0.29, 0.717) is 11.5 Å². The van der Waals surface area contributed by atoms with Crippen molar-refractivity contribution in [1.82, 2.24) is 20.1 Å². The number of carbonyl (C=O) groups is 1. The van der Waals surface area contributed by atoms with Gasteiger partial charge in [-0.1, -0.05) is 24.3 Å². The Morgan fingerprint density at radius 2 is 1.96 bits per heavy atom. The average molecular weight is 346 g/mol. The summed E-state index contributed by atoms with van der Waals surface area (Å²) < 4.78 is 0. The van der Waals surface area contributed by atoms with E-state index in [4.69, 9.17) is 0 Å². The number of amides is 1. The zero-order valence-electron chi connectivity index (χ0n) is 14.7. The van der Waals surface area contributed by atoms with Gasteiger partial charge in [0.1, 0.15) is 0 Å². The predicted octanol–water partition coefficient (Wildman–Crippen LogP) is 3.51. The third-order valence-electron chi connectivity index (χ3n) is 5.19. The highest BCUT2D eigenvalue weighted by atomic mass is 16.2. The topological polar surface area (TPSA) is 59.0 Å². The summed E-state index contributed by atoms with van der Waals surface area (Å²) in [5, 5.41) is 8.76. The third-order valence-corrected chi connectivity index (χ3v) is 5.19. The molecule has 1 aliphatic heterocycles. The first-order chi connectivity index (χ1) is 12.8. The minimum absolute atomic E-state index is 0.0624. The fraction of sp³-hybridized carbons (Fsp3) is 0.333. The monoisotopic (exact) mass is 346 g/mol. The van der Waals surface area contributed by atoms with Crippen molar-refractivity contribution in [3.05, 3.63) is 66.1 Å². The number of hydrogen-bond donors (Lipinski definition) is 0. The molecule has 0 N–H and O–H groups in total. The van der Waals surface area contributed by atoms with Gasteiger partial charge in [0, 0.05) is 24.7 Å². The Labute approximate surface area is 153 Å². The van der Waals surface area contributed by atoms with Crippen molar-refractivity contribution < 1.29 is 4.79 Å². The highest BCUT2D eigenvalue weighted by molar-refractivity contribution is 5.93. The Balaban J connectivity index is 1.45. The molecule has 1 amide bonds. The van der Waals surface area contributed by atoms with Crippen molar-refractivity contribution >= 4 is 16.8 Å². The van der Waals surface area contributed by atoms with Crippen LogP contribution in [0.1, 0.15) is 35.2 Å².